The van der Waals surface area contributed by atoms with Gasteiger partial charge in [-0.15, -0.1) is 0 Å². The second-order valence-corrected chi connectivity index (χ2v) is 5.40. The van der Waals surface area contributed by atoms with Gasteiger partial charge >= 0.3 is 5.95 Å². The first-order valence-corrected chi connectivity index (χ1v) is 6.36. The minimum absolute atomic E-state index is 0. The van der Waals surface area contributed by atoms with Crippen LogP contribution < -0.4 is 22.3 Å². The summed E-state index contributed by atoms with van der Waals surface area (Å²) in [5.41, 5.74) is 1.62. The number of nitrogens with two attached hydrogens (primary N) is 1. The number of nitrogens with zero attached hydrogens (tertiary/aromatic N) is 2. The number of hydrogen-bond donors (Lipinski definition) is 2. The number of quaternary nitrogens is 1. The summed E-state index contributed by atoms with van der Waals surface area (Å²) in [5.74, 6) is 0.840. The summed E-state index contributed by atoms with van der Waals surface area (Å²) in [6.07, 6.45) is 4.83. The average molecular weight is 317 g/mol. The van der Waals surface area contributed by atoms with Crippen LogP contribution in [0.3, 0.4) is 0 Å². The first-order chi connectivity index (χ1) is 7.98. The normalized spacial score (nSPS) is 12.9. The van der Waals surface area contributed by atoms with E-state index in [1.807, 2.05) is 0 Å². The summed E-state index contributed by atoms with van der Waals surface area (Å²) >= 11 is 0. The maximum Gasteiger partial charge on any atom is 0.321 e. The maximum absolute atomic E-state index is 4.25. The molecule has 3 N–H and O–H groups in total. The van der Waals surface area contributed by atoms with Gasteiger partial charge in [0.2, 0.25) is 0 Å². The largest absolute Gasteiger partial charge is 1.00 e. The quantitative estimate of drug-likeness (QED) is 0.645. The summed E-state index contributed by atoms with van der Waals surface area (Å²) in [5, 5.41) is 8.86. The van der Waals surface area contributed by atoms with Gasteiger partial charge in [0.15, 0.2) is 0 Å². The number of H-pyrrole nitrogens is 1. The third-order valence-corrected chi connectivity index (χ3v) is 3.42. The molecule has 0 spiro atoms. The molecule has 18 heavy (non-hydrogen) atoms. The van der Waals surface area contributed by atoms with Crippen molar-refractivity contribution >= 4 is 5.95 Å². The smallest absolute Gasteiger partial charge is 0.321 e. The minimum Gasteiger partial charge on any atom is -1.00 e. The van der Waals surface area contributed by atoms with Crippen molar-refractivity contribution in [1.29, 1.82) is 0 Å². The number of halogens is 1. The van der Waals surface area contributed by atoms with E-state index in [1.165, 1.54) is 18.3 Å². The molecule has 104 valence electrons. The number of rotatable bonds is 7. The molecule has 0 aliphatic rings. The van der Waals surface area contributed by atoms with Gasteiger partial charge < -0.3 is 17.0 Å². The van der Waals surface area contributed by atoms with Gasteiger partial charge in [-0.3, -0.25) is 5.32 Å². The molecule has 0 aromatic carbocycles. The molecule has 1 atom stereocenters. The fourth-order valence-corrected chi connectivity index (χ4v) is 1.88. The lowest BCUT2D eigenvalue weighted by Crippen LogP contribution is -3.00. The zero-order chi connectivity index (χ0) is 12.9. The first-order valence-electron chi connectivity index (χ1n) is 6.36. The predicted octanol–water partition coefficient (Wildman–Crippen LogP) is -0.835. The molecule has 4 nitrogen and oxygen atoms in total. The summed E-state index contributed by atoms with van der Waals surface area (Å²) in [7, 11) is 0. The van der Waals surface area contributed by atoms with Crippen molar-refractivity contribution in [3.63, 3.8) is 0 Å². The van der Waals surface area contributed by atoms with E-state index in [4.69, 9.17) is 0 Å². The minimum atomic E-state index is 0. The van der Waals surface area contributed by atoms with Gasteiger partial charge in [0.1, 0.15) is 12.4 Å². The Labute approximate surface area is 120 Å². The third-order valence-electron chi connectivity index (χ3n) is 3.42. The Bertz CT molecular complexity index is 346. The van der Waals surface area contributed by atoms with Crippen molar-refractivity contribution in [1.82, 2.24) is 15.2 Å². The lowest BCUT2D eigenvalue weighted by atomic mass is 9.81. The number of nitrogens with one attached hydrogen (secondary N) is 1. The van der Waals surface area contributed by atoms with Gasteiger partial charge in [-0.05, 0) is 17.4 Å². The van der Waals surface area contributed by atoms with E-state index in [0.717, 1.165) is 18.8 Å². The van der Waals surface area contributed by atoms with Crippen LogP contribution in [-0.2, 0) is 0 Å². The van der Waals surface area contributed by atoms with Crippen molar-refractivity contribution in [2.75, 3.05) is 0 Å². The fourth-order valence-electron chi connectivity index (χ4n) is 1.88. The van der Waals surface area contributed by atoms with Gasteiger partial charge in [0.25, 0.3) is 0 Å². The summed E-state index contributed by atoms with van der Waals surface area (Å²) in [6.45, 7) is 13.2. The topological polar surface area (TPSA) is 58.2 Å². The summed E-state index contributed by atoms with van der Waals surface area (Å²) in [6, 6.07) is 0.383. The van der Waals surface area contributed by atoms with Gasteiger partial charge in [-0.2, -0.15) is 10.1 Å². The zero-order valence-corrected chi connectivity index (χ0v) is 13.4. The van der Waals surface area contributed by atoms with Crippen molar-refractivity contribution in [3.05, 3.63) is 18.5 Å². The fraction of sp³-hybridized carbons (Fsp3) is 0.692. The highest BCUT2D eigenvalue weighted by Gasteiger charge is 2.23. The number of hydrogen-bond acceptors (Lipinski definition) is 2. The molecule has 0 aliphatic carbocycles. The van der Waals surface area contributed by atoms with E-state index in [0.29, 0.717) is 11.5 Å². The Kier molecular flexibility index (Phi) is 7.40. The summed E-state index contributed by atoms with van der Waals surface area (Å²) < 4.78 is 0. The lowest BCUT2D eigenvalue weighted by molar-refractivity contribution is -0.609. The monoisotopic (exact) mass is 316 g/mol. The van der Waals surface area contributed by atoms with Crippen LogP contribution in [0.1, 0.15) is 47.0 Å². The Hall–Kier alpha value is -0.680. The van der Waals surface area contributed by atoms with Gasteiger partial charge in [0, 0.05) is 6.42 Å². The molecule has 0 radical (unpaired) electrons. The number of aromatic amines is 1. The van der Waals surface area contributed by atoms with Crippen LogP contribution >= 0.6 is 0 Å². The van der Waals surface area contributed by atoms with Crippen LogP contribution in [-0.4, -0.2) is 21.2 Å². The highest BCUT2D eigenvalue weighted by atomic mass is 79.9. The Morgan fingerprint density at radius 3 is 2.61 bits per heavy atom. The molecule has 1 aromatic heterocycles. The average Bonchev–Trinajstić information content (AvgIpc) is 2.77. The molecule has 0 fully saturated rings. The van der Waals surface area contributed by atoms with Crippen molar-refractivity contribution < 1.29 is 22.3 Å². The molecule has 1 heterocycles. The van der Waals surface area contributed by atoms with Crippen molar-refractivity contribution in [2.45, 2.75) is 53.0 Å². The molecule has 1 unspecified atom stereocenters. The summed E-state index contributed by atoms with van der Waals surface area (Å²) in [4.78, 5) is 4.14. The van der Waals surface area contributed by atoms with E-state index >= 15 is 0 Å². The Morgan fingerprint density at radius 2 is 2.17 bits per heavy atom. The Morgan fingerprint density at radius 1 is 1.50 bits per heavy atom. The van der Waals surface area contributed by atoms with E-state index < -0.39 is 0 Å². The lowest BCUT2D eigenvalue weighted by Gasteiger charge is -2.26. The van der Waals surface area contributed by atoms with E-state index in [2.05, 4.69) is 54.8 Å². The van der Waals surface area contributed by atoms with Crippen LogP contribution in [0.2, 0.25) is 0 Å². The molecule has 0 aliphatic heterocycles. The second-order valence-electron chi connectivity index (χ2n) is 5.40. The molecular weight excluding hydrogens is 292 g/mol. The van der Waals surface area contributed by atoms with Crippen molar-refractivity contribution in [3.8, 4) is 0 Å². The Balaban J connectivity index is 0.00000289. The molecule has 0 amide bonds. The van der Waals surface area contributed by atoms with Gasteiger partial charge in [-0.1, -0.05) is 40.7 Å². The second kappa shape index (κ2) is 7.69. The molecule has 1 aromatic rings. The highest BCUT2D eigenvalue weighted by molar-refractivity contribution is 5.06. The molecule has 5 heteroatoms. The third kappa shape index (κ3) is 5.31. The first kappa shape index (κ1) is 17.3. The highest BCUT2D eigenvalue weighted by Crippen LogP contribution is 2.29. The standard InChI is InChI=1S/C13H24N4.BrH/c1-6-11(16-12-14-9-15-17-12)10(3)8-13(4,5)7-2;/h9,11H,3,6-8H2,1-2,4-5H3,(H2,14,15,16,17);1H. The van der Waals surface area contributed by atoms with E-state index in [-0.39, 0.29) is 17.0 Å². The molecule has 0 bridgehead atoms. The molecule has 0 saturated carbocycles. The van der Waals surface area contributed by atoms with Crippen molar-refractivity contribution in [2.24, 2.45) is 5.41 Å². The van der Waals surface area contributed by atoms with E-state index in [1.54, 1.807) is 0 Å². The van der Waals surface area contributed by atoms with Crippen LogP contribution in [0.5, 0.6) is 0 Å². The zero-order valence-electron chi connectivity index (χ0n) is 11.8. The van der Waals surface area contributed by atoms with Crippen LogP contribution in [0, 0.1) is 5.41 Å². The van der Waals surface area contributed by atoms with Gasteiger partial charge in [0.05, 0.1) is 0 Å². The van der Waals surface area contributed by atoms with Crippen LogP contribution in [0.25, 0.3) is 0 Å². The van der Waals surface area contributed by atoms with Crippen LogP contribution in [0.4, 0.5) is 5.95 Å². The van der Waals surface area contributed by atoms with Crippen LogP contribution in [0.15, 0.2) is 18.5 Å². The molecular formula is C13H25BrN4. The molecule has 1 rings (SSSR count). The number of aromatic nitrogens is 3. The van der Waals surface area contributed by atoms with Gasteiger partial charge in [-0.25, -0.2) is 5.10 Å². The van der Waals surface area contributed by atoms with E-state index in [9.17, 15) is 0 Å². The SMILES string of the molecule is C=C(CC(C)(C)CC)C(CC)[NH2+]c1ncn[nH]1.[Br-]. The maximum atomic E-state index is 4.25. The molecule has 0 saturated heterocycles. The predicted molar refractivity (Wildman–Crippen MR) is 69.9 cm³/mol.